The molecule has 0 aliphatic carbocycles. The Bertz CT molecular complexity index is 2260. The van der Waals surface area contributed by atoms with Crippen molar-refractivity contribution in [1.82, 2.24) is 14.6 Å². The van der Waals surface area contributed by atoms with Crippen LogP contribution < -0.4 is 18.4 Å². The van der Waals surface area contributed by atoms with Crippen LogP contribution in [0.15, 0.2) is 80.7 Å². The first-order valence-electron chi connectivity index (χ1n) is 17.1. The summed E-state index contributed by atoms with van der Waals surface area (Å²) in [4.78, 5) is 2.94. The van der Waals surface area contributed by atoms with Gasteiger partial charge in [0.15, 0.2) is 11.3 Å². The molecule has 2 aromatic heterocycles. The molecule has 5 rings (SSSR count). The number of azo groups is 1. The van der Waals surface area contributed by atoms with Crippen molar-refractivity contribution in [3.05, 3.63) is 60.7 Å². The van der Waals surface area contributed by atoms with Crippen molar-refractivity contribution >= 4 is 65.2 Å². The summed E-state index contributed by atoms with van der Waals surface area (Å²) in [7, 11) is -8.40. The maximum absolute atomic E-state index is 12.8. The summed E-state index contributed by atoms with van der Waals surface area (Å²) in [5.41, 5.74) is 3.04. The molecule has 0 saturated heterocycles. The molecule has 0 fully saturated rings. The number of benzene rings is 3. The number of unbranched alkanes of at least 4 members (excludes halogenated alkanes) is 9. The Kier molecular flexibility index (Phi) is 13.4. The highest BCUT2D eigenvalue weighted by molar-refractivity contribution is 7.86. The minimum Gasteiger partial charge on any atom is -0.494 e. The van der Waals surface area contributed by atoms with Crippen LogP contribution in [0.4, 0.5) is 17.1 Å². The lowest BCUT2D eigenvalue weighted by Crippen LogP contribution is -2.12. The van der Waals surface area contributed by atoms with E-state index in [9.17, 15) is 30.1 Å². The third-order valence-corrected chi connectivity index (χ3v) is 10.6. The number of nitrogens with one attached hydrogen (secondary N) is 2. The van der Waals surface area contributed by atoms with E-state index in [0.29, 0.717) is 35.6 Å². The van der Waals surface area contributed by atoms with E-state index in [1.807, 2.05) is 24.3 Å². The summed E-state index contributed by atoms with van der Waals surface area (Å²) in [5, 5.41) is 12.2. The molecule has 2 heterocycles. The standard InChI is InChI=1S/C34H42N6O10S3/c1-3-4-5-6-7-8-9-10-11-14-19-49-34-32(33-35-28-15-12-13-16-30(28)40(33)38-34)37-36-29-18-17-24(20-31(29)48-2)39-51(41)50-25-21-26(52(42,43)44)23-27(22-25)53(45,46)47/h12-13,15-18,20-23,38-39H,3-11,14,19H2,1-2H3,(H,42,43,44)(H,45,46,47). The number of para-hydroxylation sites is 2. The van der Waals surface area contributed by atoms with E-state index in [0.717, 1.165) is 42.4 Å². The van der Waals surface area contributed by atoms with Crippen LogP contribution in [0.2, 0.25) is 0 Å². The van der Waals surface area contributed by atoms with Gasteiger partial charge >= 0.3 is 11.3 Å². The number of anilines is 1. The van der Waals surface area contributed by atoms with Gasteiger partial charge in [-0.1, -0.05) is 76.8 Å². The molecule has 3 aromatic carbocycles. The Labute approximate surface area is 310 Å². The lowest BCUT2D eigenvalue weighted by atomic mass is 10.1. The van der Waals surface area contributed by atoms with Crippen molar-refractivity contribution in [2.75, 3.05) is 18.4 Å². The topological polar surface area (TPSA) is 223 Å². The van der Waals surface area contributed by atoms with E-state index in [-0.39, 0.29) is 11.4 Å². The van der Waals surface area contributed by atoms with E-state index >= 15 is 0 Å². The predicted octanol–water partition coefficient (Wildman–Crippen LogP) is 8.10. The molecule has 0 radical (unpaired) electrons. The fourth-order valence-electron chi connectivity index (χ4n) is 5.53. The number of hydrogen-bond donors (Lipinski definition) is 4. The van der Waals surface area contributed by atoms with Crippen molar-refractivity contribution in [2.45, 2.75) is 80.9 Å². The molecule has 4 N–H and O–H groups in total. The maximum atomic E-state index is 12.8. The molecule has 0 spiro atoms. The first-order chi connectivity index (χ1) is 25.4. The normalized spacial score (nSPS) is 12.8. The number of ether oxygens (including phenoxy) is 2. The molecule has 0 aliphatic heterocycles. The summed E-state index contributed by atoms with van der Waals surface area (Å²) in [6.07, 6.45) is 12.1. The highest BCUT2D eigenvalue weighted by Crippen LogP contribution is 2.38. The fraction of sp³-hybridized carbons (Fsp3) is 0.382. The van der Waals surface area contributed by atoms with Crippen LogP contribution in [-0.4, -0.2) is 58.5 Å². The van der Waals surface area contributed by atoms with E-state index in [1.165, 1.54) is 70.3 Å². The molecule has 1 unspecified atom stereocenters. The second-order valence-electron chi connectivity index (χ2n) is 12.2. The highest BCUT2D eigenvalue weighted by Gasteiger charge is 2.21. The highest BCUT2D eigenvalue weighted by atomic mass is 32.2. The van der Waals surface area contributed by atoms with Crippen LogP contribution in [0.1, 0.15) is 71.1 Å². The van der Waals surface area contributed by atoms with E-state index in [1.54, 1.807) is 4.52 Å². The molecule has 53 heavy (non-hydrogen) atoms. The van der Waals surface area contributed by atoms with Gasteiger partial charge in [0.1, 0.15) is 17.2 Å². The van der Waals surface area contributed by atoms with Gasteiger partial charge in [0, 0.05) is 18.2 Å². The number of aromatic nitrogens is 3. The Morgan fingerprint density at radius 1 is 0.849 bits per heavy atom. The Balaban J connectivity index is 1.28. The summed E-state index contributed by atoms with van der Waals surface area (Å²) >= 11 is -2.42. The van der Waals surface area contributed by atoms with Crippen molar-refractivity contribution < 1.29 is 43.8 Å². The second kappa shape index (κ2) is 18.0. The van der Waals surface area contributed by atoms with Crippen LogP contribution in [-0.2, 0) is 31.5 Å². The number of imidazole rings is 1. The molecule has 16 nitrogen and oxygen atoms in total. The first-order valence-corrected chi connectivity index (χ1v) is 21.0. The van der Waals surface area contributed by atoms with Gasteiger partial charge in [0.25, 0.3) is 20.2 Å². The number of nitrogens with zero attached hydrogens (tertiary/aromatic N) is 4. The number of fused-ring (bicyclic) bond motifs is 3. The summed E-state index contributed by atoms with van der Waals surface area (Å²) in [6, 6.07) is 14.1. The quantitative estimate of drug-likeness (QED) is 0.0316. The minimum atomic E-state index is -4.90. The van der Waals surface area contributed by atoms with Crippen molar-refractivity contribution in [3.63, 3.8) is 0 Å². The smallest absolute Gasteiger partial charge is 0.316 e. The molecular weight excluding hydrogens is 749 g/mol. The first kappa shape index (κ1) is 39.6. The van der Waals surface area contributed by atoms with Gasteiger partial charge in [-0.3, -0.25) is 18.9 Å². The number of methoxy groups -OCH3 is 1. The van der Waals surface area contributed by atoms with Crippen molar-refractivity contribution in [1.29, 1.82) is 0 Å². The van der Waals surface area contributed by atoms with Gasteiger partial charge < -0.3 is 13.7 Å². The monoisotopic (exact) mass is 790 g/mol. The van der Waals surface area contributed by atoms with Crippen molar-refractivity contribution in [2.24, 2.45) is 10.2 Å². The van der Waals surface area contributed by atoms with Gasteiger partial charge in [0.2, 0.25) is 5.88 Å². The van der Waals surface area contributed by atoms with Gasteiger partial charge in [-0.15, -0.1) is 10.2 Å². The summed E-state index contributed by atoms with van der Waals surface area (Å²) in [6.45, 7) is 2.71. The lowest BCUT2D eigenvalue weighted by Gasteiger charge is -2.11. The van der Waals surface area contributed by atoms with Crippen LogP contribution in [0.25, 0.3) is 16.7 Å². The van der Waals surface area contributed by atoms with E-state index in [2.05, 4.69) is 27.0 Å². The second-order valence-corrected chi connectivity index (χ2v) is 15.9. The van der Waals surface area contributed by atoms with Crippen LogP contribution in [0, 0.1) is 0 Å². The molecule has 0 aliphatic rings. The molecule has 0 amide bonds. The molecule has 0 bridgehead atoms. The third kappa shape index (κ3) is 10.8. The SMILES string of the molecule is CCCCCCCCCCCCOc1[nH]n2c(nc3ccccc32)c1N=Nc1ccc(NS(=O)Oc2cc(S(=O)(=O)O)cc(S(=O)(=O)O)c2)cc1OC. The largest absolute Gasteiger partial charge is 0.494 e. The zero-order valence-corrected chi connectivity index (χ0v) is 31.7. The maximum Gasteiger partial charge on any atom is 0.316 e. The Morgan fingerprint density at radius 3 is 2.13 bits per heavy atom. The number of H-pyrrole nitrogens is 1. The van der Waals surface area contributed by atoms with E-state index < -0.39 is 47.0 Å². The molecule has 5 aromatic rings. The summed E-state index contributed by atoms with van der Waals surface area (Å²) in [5.74, 6) is 0.107. The Hall–Kier alpha value is -4.56. The van der Waals surface area contributed by atoms with Crippen LogP contribution >= 0.6 is 0 Å². The molecule has 1 atom stereocenters. The van der Waals surface area contributed by atoms with Crippen LogP contribution in [0.5, 0.6) is 17.4 Å². The zero-order chi connectivity index (χ0) is 38.0. The number of aromatic amines is 1. The van der Waals surface area contributed by atoms with Crippen molar-refractivity contribution in [3.8, 4) is 17.4 Å². The van der Waals surface area contributed by atoms with Crippen LogP contribution in [0.3, 0.4) is 0 Å². The zero-order valence-electron chi connectivity index (χ0n) is 29.2. The van der Waals surface area contributed by atoms with Gasteiger partial charge in [0.05, 0.1) is 40.2 Å². The average molecular weight is 791 g/mol. The third-order valence-electron chi connectivity index (χ3n) is 8.21. The average Bonchev–Trinajstić information content (AvgIpc) is 3.64. The van der Waals surface area contributed by atoms with Gasteiger partial charge in [-0.25, -0.2) is 9.50 Å². The van der Waals surface area contributed by atoms with Gasteiger partial charge in [-0.2, -0.15) is 21.0 Å². The predicted molar refractivity (Wildman–Crippen MR) is 200 cm³/mol. The molecule has 0 saturated carbocycles. The molecule has 286 valence electrons. The number of hydrogen-bond acceptors (Lipinski definition) is 11. The van der Waals surface area contributed by atoms with Gasteiger partial charge in [-0.05, 0) is 36.8 Å². The minimum absolute atomic E-state index is 0.212. The fourth-order valence-corrected chi connectivity index (χ4v) is 7.32. The number of rotatable bonds is 21. The van der Waals surface area contributed by atoms with E-state index in [4.69, 9.17) is 18.6 Å². The molecular formula is C34H42N6O10S3. The lowest BCUT2D eigenvalue weighted by molar-refractivity contribution is 0.293. The molecule has 19 heteroatoms. The summed E-state index contributed by atoms with van der Waals surface area (Å²) < 4.78 is 99.1. The Morgan fingerprint density at radius 2 is 1.49 bits per heavy atom.